The van der Waals surface area contributed by atoms with E-state index in [0.717, 1.165) is 53.5 Å². The molecule has 3 aromatic rings. The van der Waals surface area contributed by atoms with Crippen molar-refractivity contribution in [1.29, 1.82) is 0 Å². The topological polar surface area (TPSA) is 92.8 Å². The standard InChI is InChI=1S/C27H32N4O4S/c1-4-15-31(27(33)29-20-9-12-22(34-2)13-10-20)21-11-14-23-24(16-21)36-26(30-23)28-17-18-5-7-19(8-6-18)25(32)35-3/h5-10,12-13,21H,4,11,14-17H2,1-3H3,(H,28,30)(H,29,33). The number of aromatic nitrogens is 1. The third kappa shape index (κ3) is 6.15. The molecule has 1 unspecified atom stereocenters. The lowest BCUT2D eigenvalue weighted by molar-refractivity contribution is 0.0600. The minimum atomic E-state index is -0.341. The number of hydrogen-bond acceptors (Lipinski definition) is 7. The van der Waals surface area contributed by atoms with Crippen LogP contribution in [0.5, 0.6) is 5.75 Å². The Hall–Kier alpha value is -3.59. The molecule has 1 atom stereocenters. The Morgan fingerprint density at radius 2 is 1.86 bits per heavy atom. The highest BCUT2D eigenvalue weighted by Gasteiger charge is 2.29. The van der Waals surface area contributed by atoms with Crippen molar-refractivity contribution in [2.45, 2.75) is 45.2 Å². The van der Waals surface area contributed by atoms with Gasteiger partial charge >= 0.3 is 12.0 Å². The maximum absolute atomic E-state index is 13.1. The van der Waals surface area contributed by atoms with Crippen LogP contribution in [0, 0.1) is 0 Å². The van der Waals surface area contributed by atoms with E-state index in [-0.39, 0.29) is 18.0 Å². The molecule has 0 spiro atoms. The molecule has 4 rings (SSSR count). The van der Waals surface area contributed by atoms with Gasteiger partial charge in [0.2, 0.25) is 0 Å². The minimum absolute atomic E-state index is 0.0752. The number of urea groups is 1. The van der Waals surface area contributed by atoms with Gasteiger partial charge in [0.1, 0.15) is 5.75 Å². The molecule has 0 radical (unpaired) electrons. The zero-order valence-corrected chi connectivity index (χ0v) is 21.7. The first kappa shape index (κ1) is 25.5. The number of nitrogens with one attached hydrogen (secondary N) is 2. The summed E-state index contributed by atoms with van der Waals surface area (Å²) in [6.07, 6.45) is 3.44. The van der Waals surface area contributed by atoms with E-state index in [1.165, 1.54) is 12.0 Å². The summed E-state index contributed by atoms with van der Waals surface area (Å²) >= 11 is 1.66. The number of carbonyl (C=O) groups is 2. The van der Waals surface area contributed by atoms with Crippen molar-refractivity contribution in [3.05, 3.63) is 70.2 Å². The number of methoxy groups -OCH3 is 2. The Morgan fingerprint density at radius 3 is 2.53 bits per heavy atom. The lowest BCUT2D eigenvalue weighted by atomic mass is 9.96. The summed E-state index contributed by atoms with van der Waals surface area (Å²) in [6.45, 7) is 3.41. The molecular formula is C27H32N4O4S. The second-order valence-corrected chi connectivity index (χ2v) is 9.76. The number of nitrogens with zero attached hydrogens (tertiary/aromatic N) is 2. The van der Waals surface area contributed by atoms with Crippen LogP contribution >= 0.6 is 11.3 Å². The fraction of sp³-hybridized carbons (Fsp3) is 0.370. The maximum atomic E-state index is 13.1. The van der Waals surface area contributed by atoms with Crippen LogP contribution in [-0.4, -0.2) is 48.7 Å². The van der Waals surface area contributed by atoms with Gasteiger partial charge in [-0.15, -0.1) is 11.3 Å². The van der Waals surface area contributed by atoms with Gasteiger partial charge in [-0.3, -0.25) is 0 Å². The number of fused-ring (bicyclic) bond motifs is 1. The number of rotatable bonds is 9. The zero-order chi connectivity index (χ0) is 25.5. The van der Waals surface area contributed by atoms with E-state index in [2.05, 4.69) is 17.6 Å². The molecule has 0 fully saturated rings. The van der Waals surface area contributed by atoms with Crippen LogP contribution in [0.25, 0.3) is 0 Å². The number of carbonyl (C=O) groups excluding carboxylic acids is 2. The summed E-state index contributed by atoms with van der Waals surface area (Å²) < 4.78 is 9.95. The third-order valence-corrected chi connectivity index (χ3v) is 7.32. The monoisotopic (exact) mass is 508 g/mol. The third-order valence-electron chi connectivity index (χ3n) is 6.24. The number of amides is 2. The highest BCUT2D eigenvalue weighted by Crippen LogP contribution is 2.32. The summed E-state index contributed by atoms with van der Waals surface area (Å²) in [7, 11) is 3.00. The first-order chi connectivity index (χ1) is 17.5. The number of ether oxygens (including phenoxy) is 2. The van der Waals surface area contributed by atoms with Crippen molar-refractivity contribution < 1.29 is 19.1 Å². The Labute approximate surface area is 215 Å². The van der Waals surface area contributed by atoms with Crippen LogP contribution in [0.2, 0.25) is 0 Å². The molecule has 0 saturated carbocycles. The van der Waals surface area contributed by atoms with Crippen molar-refractivity contribution in [1.82, 2.24) is 9.88 Å². The predicted octanol–water partition coefficient (Wildman–Crippen LogP) is 5.35. The normalized spacial score (nSPS) is 14.5. The molecule has 190 valence electrons. The number of esters is 1. The molecule has 0 aliphatic heterocycles. The summed E-state index contributed by atoms with van der Waals surface area (Å²) in [5.74, 6) is 0.414. The Balaban J connectivity index is 1.37. The van der Waals surface area contributed by atoms with E-state index in [1.54, 1.807) is 30.6 Å². The molecule has 1 heterocycles. The average molecular weight is 509 g/mol. The van der Waals surface area contributed by atoms with Crippen molar-refractivity contribution in [3.8, 4) is 5.75 Å². The number of anilines is 2. The molecule has 2 aromatic carbocycles. The number of hydrogen-bond donors (Lipinski definition) is 2. The highest BCUT2D eigenvalue weighted by molar-refractivity contribution is 7.15. The maximum Gasteiger partial charge on any atom is 0.337 e. The lowest BCUT2D eigenvalue weighted by Crippen LogP contribution is -2.45. The molecule has 2 N–H and O–H groups in total. The molecule has 1 aromatic heterocycles. The number of thiazole rings is 1. The van der Waals surface area contributed by atoms with Gasteiger partial charge in [0.25, 0.3) is 0 Å². The first-order valence-corrected chi connectivity index (χ1v) is 12.9. The minimum Gasteiger partial charge on any atom is -0.497 e. The van der Waals surface area contributed by atoms with Crippen LogP contribution in [0.4, 0.5) is 15.6 Å². The lowest BCUT2D eigenvalue weighted by Gasteiger charge is -2.33. The summed E-state index contributed by atoms with van der Waals surface area (Å²) in [5.41, 5.74) is 3.46. The van der Waals surface area contributed by atoms with Gasteiger partial charge in [-0.2, -0.15) is 0 Å². The second kappa shape index (κ2) is 11.9. The van der Waals surface area contributed by atoms with Gasteiger partial charge in [0.15, 0.2) is 5.13 Å². The Bertz CT molecular complexity index is 1180. The molecule has 0 bridgehead atoms. The SMILES string of the molecule is CCCN(C(=O)Nc1ccc(OC)cc1)C1CCc2nc(NCc3ccc(C(=O)OC)cc3)sc2C1. The van der Waals surface area contributed by atoms with E-state index < -0.39 is 0 Å². The summed E-state index contributed by atoms with van der Waals surface area (Å²) in [6, 6.07) is 14.8. The molecule has 9 heteroatoms. The molecule has 36 heavy (non-hydrogen) atoms. The van der Waals surface area contributed by atoms with Crippen LogP contribution in [-0.2, 0) is 24.1 Å². The second-order valence-electron chi connectivity index (χ2n) is 8.68. The quantitative estimate of drug-likeness (QED) is 0.379. The van der Waals surface area contributed by atoms with Gasteiger partial charge in [-0.1, -0.05) is 19.1 Å². The Kier molecular flexibility index (Phi) is 8.43. The van der Waals surface area contributed by atoms with Gasteiger partial charge in [0.05, 0.1) is 25.5 Å². The van der Waals surface area contributed by atoms with E-state index in [9.17, 15) is 9.59 Å². The van der Waals surface area contributed by atoms with Gasteiger partial charge in [-0.25, -0.2) is 14.6 Å². The van der Waals surface area contributed by atoms with Crippen LogP contribution < -0.4 is 15.4 Å². The fourth-order valence-corrected chi connectivity index (χ4v) is 5.39. The van der Waals surface area contributed by atoms with Crippen molar-refractivity contribution in [2.24, 2.45) is 0 Å². The van der Waals surface area contributed by atoms with E-state index in [0.29, 0.717) is 18.7 Å². The smallest absolute Gasteiger partial charge is 0.337 e. The van der Waals surface area contributed by atoms with E-state index in [4.69, 9.17) is 14.5 Å². The zero-order valence-electron chi connectivity index (χ0n) is 20.9. The van der Waals surface area contributed by atoms with E-state index in [1.807, 2.05) is 41.3 Å². The average Bonchev–Trinajstić information content (AvgIpc) is 3.33. The van der Waals surface area contributed by atoms with Crippen molar-refractivity contribution in [2.75, 3.05) is 31.4 Å². The van der Waals surface area contributed by atoms with Crippen LogP contribution in [0.1, 0.15) is 46.3 Å². The van der Waals surface area contributed by atoms with Crippen molar-refractivity contribution in [3.63, 3.8) is 0 Å². The molecule has 1 aliphatic rings. The molecular weight excluding hydrogens is 476 g/mol. The van der Waals surface area contributed by atoms with Crippen LogP contribution in [0.3, 0.4) is 0 Å². The first-order valence-electron chi connectivity index (χ1n) is 12.1. The molecule has 2 amide bonds. The molecule has 0 saturated heterocycles. The number of benzene rings is 2. The van der Waals surface area contributed by atoms with E-state index >= 15 is 0 Å². The largest absolute Gasteiger partial charge is 0.497 e. The van der Waals surface area contributed by atoms with Crippen LogP contribution in [0.15, 0.2) is 48.5 Å². The highest BCUT2D eigenvalue weighted by atomic mass is 32.1. The molecule has 1 aliphatic carbocycles. The van der Waals surface area contributed by atoms with Gasteiger partial charge in [-0.05, 0) is 61.2 Å². The molecule has 8 nitrogen and oxygen atoms in total. The predicted molar refractivity (Wildman–Crippen MR) is 142 cm³/mol. The van der Waals surface area contributed by atoms with Gasteiger partial charge in [0, 0.05) is 36.1 Å². The Morgan fingerprint density at radius 1 is 1.11 bits per heavy atom. The number of aryl methyl sites for hydroxylation is 1. The summed E-state index contributed by atoms with van der Waals surface area (Å²) in [5, 5.41) is 7.32. The van der Waals surface area contributed by atoms with Gasteiger partial charge < -0.3 is 25.0 Å². The fourth-order valence-electron chi connectivity index (χ4n) is 4.31. The summed E-state index contributed by atoms with van der Waals surface area (Å²) in [4.78, 5) is 32.7. The van der Waals surface area contributed by atoms with Crippen molar-refractivity contribution >= 4 is 34.2 Å².